The highest BCUT2D eigenvalue weighted by Crippen LogP contribution is 2.35. The number of imidazole rings is 1. The van der Waals surface area contributed by atoms with Crippen LogP contribution in [-0.4, -0.2) is 28.6 Å². The van der Waals surface area contributed by atoms with E-state index in [4.69, 9.17) is 9.47 Å². The van der Waals surface area contributed by atoms with Crippen LogP contribution < -0.4 is 0 Å². The van der Waals surface area contributed by atoms with Crippen LogP contribution in [-0.2, 0) is 22.4 Å². The number of nitrogens with zero attached hydrogens (tertiary/aromatic N) is 2. The van der Waals surface area contributed by atoms with Gasteiger partial charge in [-0.15, -0.1) is 0 Å². The van der Waals surface area contributed by atoms with Crippen molar-refractivity contribution < 1.29 is 9.47 Å². The smallest absolute Gasteiger partial charge is 0.190 e. The molecule has 4 heteroatoms. The first kappa shape index (κ1) is 18.2. The van der Waals surface area contributed by atoms with Crippen molar-refractivity contribution in [1.82, 2.24) is 9.55 Å². The van der Waals surface area contributed by atoms with Crippen molar-refractivity contribution in [3.8, 4) is 0 Å². The lowest BCUT2D eigenvalue weighted by molar-refractivity contribution is -0.304. The zero-order valence-electron chi connectivity index (χ0n) is 16.3. The van der Waals surface area contributed by atoms with Gasteiger partial charge >= 0.3 is 0 Å². The minimum atomic E-state index is -0.647. The standard InChI is InChI=1S/C21H30N2O2/c1-15-9-16(2)18(4)19(17(15)3)10-21(11-23-8-7-22-14-23)24-12-20(5,6)13-25-21/h7-9,14H,10-13H2,1-6H3. The number of hydrogen-bond acceptors (Lipinski definition) is 3. The first-order chi connectivity index (χ1) is 11.7. The fourth-order valence-corrected chi connectivity index (χ4v) is 3.48. The Morgan fingerprint density at radius 2 is 1.64 bits per heavy atom. The summed E-state index contributed by atoms with van der Waals surface area (Å²) in [7, 11) is 0. The Hall–Kier alpha value is -1.65. The zero-order chi connectivity index (χ0) is 18.2. The molecule has 0 N–H and O–H groups in total. The molecule has 1 aliphatic heterocycles. The molecule has 0 aliphatic carbocycles. The Morgan fingerprint density at radius 3 is 2.16 bits per heavy atom. The second-order valence-electron chi connectivity index (χ2n) is 8.30. The van der Waals surface area contributed by atoms with Crippen molar-refractivity contribution in [3.63, 3.8) is 0 Å². The predicted octanol–water partition coefficient (Wildman–Crippen LogP) is 4.13. The summed E-state index contributed by atoms with van der Waals surface area (Å²) in [6.07, 6.45) is 6.35. The number of aromatic nitrogens is 2. The molecule has 0 bridgehead atoms. The molecule has 1 saturated heterocycles. The highest BCUT2D eigenvalue weighted by atomic mass is 16.7. The number of ether oxygens (including phenoxy) is 2. The van der Waals surface area contributed by atoms with Gasteiger partial charge in [-0.2, -0.15) is 0 Å². The maximum absolute atomic E-state index is 6.38. The maximum Gasteiger partial charge on any atom is 0.190 e. The molecule has 0 amide bonds. The number of benzene rings is 1. The lowest BCUT2D eigenvalue weighted by Gasteiger charge is -2.44. The lowest BCUT2D eigenvalue weighted by atomic mass is 9.88. The quantitative estimate of drug-likeness (QED) is 0.838. The first-order valence-electron chi connectivity index (χ1n) is 9.01. The van der Waals surface area contributed by atoms with Gasteiger partial charge in [-0.05, 0) is 55.5 Å². The van der Waals surface area contributed by atoms with Crippen LogP contribution in [0.1, 0.15) is 41.7 Å². The highest BCUT2D eigenvalue weighted by molar-refractivity contribution is 5.44. The van der Waals surface area contributed by atoms with E-state index in [0.29, 0.717) is 19.8 Å². The van der Waals surface area contributed by atoms with Gasteiger partial charge in [0.2, 0.25) is 0 Å². The van der Waals surface area contributed by atoms with Crippen LogP contribution in [0, 0.1) is 33.1 Å². The van der Waals surface area contributed by atoms with E-state index < -0.39 is 5.79 Å². The van der Waals surface area contributed by atoms with Crippen molar-refractivity contribution in [1.29, 1.82) is 0 Å². The molecular formula is C21H30N2O2. The molecule has 3 rings (SSSR count). The van der Waals surface area contributed by atoms with Gasteiger partial charge in [0.1, 0.15) is 0 Å². The van der Waals surface area contributed by atoms with Gasteiger partial charge in [-0.1, -0.05) is 19.9 Å². The number of rotatable bonds is 4. The normalized spacial score (nSPS) is 19.1. The number of aryl methyl sites for hydroxylation is 2. The van der Waals surface area contributed by atoms with Crippen LogP contribution in [0.15, 0.2) is 24.8 Å². The molecule has 136 valence electrons. The van der Waals surface area contributed by atoms with Crippen LogP contribution in [0.4, 0.5) is 0 Å². The largest absolute Gasteiger partial charge is 0.347 e. The third-order valence-electron chi connectivity index (χ3n) is 5.40. The van der Waals surface area contributed by atoms with Crippen LogP contribution in [0.25, 0.3) is 0 Å². The maximum atomic E-state index is 6.38. The second-order valence-corrected chi connectivity index (χ2v) is 8.30. The summed E-state index contributed by atoms with van der Waals surface area (Å²) in [4.78, 5) is 4.17. The molecule has 2 heterocycles. The summed E-state index contributed by atoms with van der Waals surface area (Å²) in [5, 5.41) is 0. The Morgan fingerprint density at radius 1 is 1.04 bits per heavy atom. The topological polar surface area (TPSA) is 36.3 Å². The monoisotopic (exact) mass is 342 g/mol. The van der Waals surface area contributed by atoms with E-state index in [-0.39, 0.29) is 5.41 Å². The van der Waals surface area contributed by atoms with Gasteiger partial charge in [0.25, 0.3) is 0 Å². The molecule has 1 aliphatic rings. The molecule has 1 aromatic carbocycles. The van der Waals surface area contributed by atoms with Gasteiger partial charge in [0.05, 0.1) is 26.1 Å². The molecule has 4 nitrogen and oxygen atoms in total. The van der Waals surface area contributed by atoms with E-state index >= 15 is 0 Å². The van der Waals surface area contributed by atoms with E-state index in [1.165, 1.54) is 27.8 Å². The molecule has 25 heavy (non-hydrogen) atoms. The average Bonchev–Trinajstić information content (AvgIpc) is 3.05. The first-order valence-corrected chi connectivity index (χ1v) is 9.01. The van der Waals surface area contributed by atoms with E-state index in [1.54, 1.807) is 6.20 Å². The lowest BCUT2D eigenvalue weighted by Crippen LogP contribution is -2.51. The molecule has 0 radical (unpaired) electrons. The van der Waals surface area contributed by atoms with Gasteiger partial charge < -0.3 is 14.0 Å². The van der Waals surface area contributed by atoms with Gasteiger partial charge in [0, 0.05) is 24.2 Å². The fraction of sp³-hybridized carbons (Fsp3) is 0.571. The van der Waals surface area contributed by atoms with E-state index in [0.717, 1.165) is 6.42 Å². The van der Waals surface area contributed by atoms with Crippen LogP contribution in [0.2, 0.25) is 0 Å². The van der Waals surface area contributed by atoms with Gasteiger partial charge in [0.15, 0.2) is 5.79 Å². The average molecular weight is 342 g/mol. The van der Waals surface area contributed by atoms with Crippen molar-refractivity contribution >= 4 is 0 Å². The van der Waals surface area contributed by atoms with E-state index in [1.807, 2.05) is 17.1 Å². The molecule has 0 atom stereocenters. The Bertz CT molecular complexity index is 712. The van der Waals surface area contributed by atoms with Crippen molar-refractivity contribution in [2.45, 2.75) is 60.3 Å². The summed E-state index contributed by atoms with van der Waals surface area (Å²) >= 11 is 0. The van der Waals surface area contributed by atoms with Crippen LogP contribution in [0.3, 0.4) is 0 Å². The highest BCUT2D eigenvalue weighted by Gasteiger charge is 2.41. The van der Waals surface area contributed by atoms with Gasteiger partial charge in [-0.25, -0.2) is 4.98 Å². The molecule has 0 unspecified atom stereocenters. The molecular weight excluding hydrogens is 312 g/mol. The Labute approximate surface area is 151 Å². The predicted molar refractivity (Wildman–Crippen MR) is 99.7 cm³/mol. The molecule has 2 aromatic rings. The van der Waals surface area contributed by atoms with Crippen LogP contribution >= 0.6 is 0 Å². The number of hydrogen-bond donors (Lipinski definition) is 0. The summed E-state index contributed by atoms with van der Waals surface area (Å²) in [5.74, 6) is -0.647. The SMILES string of the molecule is Cc1cc(C)c(C)c(CC2(Cn3ccnc3)OCC(C)(C)CO2)c1C. The Balaban J connectivity index is 1.96. The summed E-state index contributed by atoms with van der Waals surface area (Å²) in [5.41, 5.74) is 6.72. The molecule has 1 fully saturated rings. The Kier molecular flexibility index (Phi) is 4.78. The van der Waals surface area contributed by atoms with Gasteiger partial charge in [-0.3, -0.25) is 0 Å². The van der Waals surface area contributed by atoms with Crippen molar-refractivity contribution in [2.75, 3.05) is 13.2 Å². The summed E-state index contributed by atoms with van der Waals surface area (Å²) in [6, 6.07) is 2.27. The van der Waals surface area contributed by atoms with Crippen molar-refractivity contribution in [3.05, 3.63) is 52.6 Å². The van der Waals surface area contributed by atoms with Crippen LogP contribution in [0.5, 0.6) is 0 Å². The molecule has 1 aromatic heterocycles. The third-order valence-corrected chi connectivity index (χ3v) is 5.40. The second kappa shape index (κ2) is 6.58. The summed E-state index contributed by atoms with van der Waals surface area (Å²) < 4.78 is 14.8. The minimum absolute atomic E-state index is 0.0467. The van der Waals surface area contributed by atoms with Crippen molar-refractivity contribution in [2.24, 2.45) is 5.41 Å². The third kappa shape index (κ3) is 3.80. The minimum Gasteiger partial charge on any atom is -0.347 e. The molecule has 0 spiro atoms. The zero-order valence-corrected chi connectivity index (χ0v) is 16.3. The van der Waals surface area contributed by atoms with E-state index in [2.05, 4.69) is 52.6 Å². The summed E-state index contributed by atoms with van der Waals surface area (Å²) in [6.45, 7) is 15.2. The molecule has 0 saturated carbocycles. The van der Waals surface area contributed by atoms with E-state index in [9.17, 15) is 0 Å². The fourth-order valence-electron chi connectivity index (χ4n) is 3.48.